The molecule has 0 atom stereocenters. The normalized spacial score (nSPS) is 21.3. The number of ether oxygens (including phenoxy) is 3. The lowest BCUT2D eigenvalue weighted by Gasteiger charge is -2.28. The monoisotopic (exact) mass is 303 g/mol. The van der Waals surface area contributed by atoms with Crippen molar-refractivity contribution >= 4 is 6.09 Å². The number of alkyl carbamates (subject to hydrolysis) is 1. The fourth-order valence-electron chi connectivity index (χ4n) is 2.11. The van der Waals surface area contributed by atoms with Crippen LogP contribution in [0.5, 0.6) is 0 Å². The Morgan fingerprint density at radius 3 is 2.59 bits per heavy atom. The highest BCUT2D eigenvalue weighted by atomic mass is 16.7. The summed E-state index contributed by atoms with van der Waals surface area (Å²) in [5.41, 5.74) is 0.937. The molecule has 1 N–H and O–H groups in total. The lowest BCUT2D eigenvalue weighted by atomic mass is 10.2. The first-order valence-electron chi connectivity index (χ1n) is 7.05. The van der Waals surface area contributed by atoms with Crippen molar-refractivity contribution in [2.45, 2.75) is 18.9 Å². The Kier molecular flexibility index (Phi) is 4.72. The summed E-state index contributed by atoms with van der Waals surface area (Å²) < 4.78 is 21.4. The summed E-state index contributed by atoms with van der Waals surface area (Å²) in [5, 5.41) is 2.71. The molecule has 1 saturated heterocycles. The summed E-state index contributed by atoms with van der Waals surface area (Å²) in [6.45, 7) is 0.910. The molecule has 1 aromatic carbocycles. The van der Waals surface area contributed by atoms with Crippen LogP contribution in [0.15, 0.2) is 53.1 Å². The number of hydrogen-bond acceptors (Lipinski definition) is 5. The number of furan rings is 1. The molecule has 22 heavy (non-hydrogen) atoms. The van der Waals surface area contributed by atoms with Crippen LogP contribution >= 0.6 is 0 Å². The molecular weight excluding hydrogens is 286 g/mol. The minimum Gasteiger partial charge on any atom is -0.464 e. The van der Waals surface area contributed by atoms with Gasteiger partial charge in [-0.3, -0.25) is 0 Å². The van der Waals surface area contributed by atoms with Gasteiger partial charge in [0.1, 0.15) is 6.61 Å². The van der Waals surface area contributed by atoms with Crippen LogP contribution in [0.1, 0.15) is 17.6 Å². The third-order valence-corrected chi connectivity index (χ3v) is 3.21. The number of carbonyl (C=O) groups excluding carboxylic acids is 1. The Labute approximate surface area is 128 Å². The van der Waals surface area contributed by atoms with E-state index in [0.717, 1.165) is 5.56 Å². The second-order valence-corrected chi connectivity index (χ2v) is 4.92. The summed E-state index contributed by atoms with van der Waals surface area (Å²) in [7, 11) is 0. The van der Waals surface area contributed by atoms with Gasteiger partial charge in [0, 0.05) is 0 Å². The van der Waals surface area contributed by atoms with Gasteiger partial charge in [-0.05, 0) is 17.7 Å². The molecule has 1 fully saturated rings. The van der Waals surface area contributed by atoms with Crippen LogP contribution in [0, 0.1) is 0 Å². The summed E-state index contributed by atoms with van der Waals surface area (Å²) in [6, 6.07) is 12.8. The quantitative estimate of drug-likeness (QED) is 0.940. The van der Waals surface area contributed by atoms with E-state index in [4.69, 9.17) is 18.6 Å². The number of amides is 1. The van der Waals surface area contributed by atoms with Crippen molar-refractivity contribution in [1.82, 2.24) is 5.32 Å². The molecule has 0 radical (unpaired) electrons. The Hall–Kier alpha value is -2.31. The van der Waals surface area contributed by atoms with Crippen LogP contribution in [0.2, 0.25) is 0 Å². The van der Waals surface area contributed by atoms with E-state index in [9.17, 15) is 4.79 Å². The first kappa shape index (κ1) is 14.6. The lowest BCUT2D eigenvalue weighted by molar-refractivity contribution is -0.201. The average Bonchev–Trinajstić information content (AvgIpc) is 3.09. The highest BCUT2D eigenvalue weighted by molar-refractivity contribution is 5.67. The highest BCUT2D eigenvalue weighted by Gasteiger charge is 2.26. The van der Waals surface area contributed by atoms with Gasteiger partial charge in [-0.2, -0.15) is 0 Å². The first-order valence-corrected chi connectivity index (χ1v) is 7.05. The number of nitrogens with one attached hydrogen (secondary N) is 1. The van der Waals surface area contributed by atoms with Crippen molar-refractivity contribution in [3.8, 4) is 0 Å². The molecule has 0 bridgehead atoms. The maximum Gasteiger partial charge on any atom is 0.407 e. The predicted molar refractivity (Wildman–Crippen MR) is 76.9 cm³/mol. The van der Waals surface area contributed by atoms with Gasteiger partial charge in [0.15, 0.2) is 5.76 Å². The summed E-state index contributed by atoms with van der Waals surface area (Å²) in [4.78, 5) is 11.7. The van der Waals surface area contributed by atoms with E-state index in [1.165, 1.54) is 0 Å². The summed E-state index contributed by atoms with van der Waals surface area (Å²) in [5.74, 6) is 0.616. The average molecular weight is 303 g/mol. The minimum atomic E-state index is -0.520. The van der Waals surface area contributed by atoms with Gasteiger partial charge in [-0.1, -0.05) is 30.3 Å². The Bertz CT molecular complexity index is 576. The van der Waals surface area contributed by atoms with E-state index in [2.05, 4.69) is 5.32 Å². The standard InChI is InChI=1S/C16H17NO5/c18-16(22-9-12-5-2-1-3-6-12)17-13-10-20-15(21-11-13)14-7-4-8-19-14/h1-8,13,15H,9-11H2,(H,17,18). The fraction of sp³-hybridized carbons (Fsp3) is 0.312. The van der Waals surface area contributed by atoms with E-state index in [1.54, 1.807) is 18.4 Å². The van der Waals surface area contributed by atoms with Gasteiger partial charge in [-0.25, -0.2) is 4.79 Å². The maximum absolute atomic E-state index is 11.7. The van der Waals surface area contributed by atoms with Crippen molar-refractivity contribution in [1.29, 1.82) is 0 Å². The van der Waals surface area contributed by atoms with Crippen LogP contribution in [0.25, 0.3) is 0 Å². The van der Waals surface area contributed by atoms with Crippen LogP contribution in [-0.4, -0.2) is 25.3 Å². The van der Waals surface area contributed by atoms with Crippen molar-refractivity contribution in [2.75, 3.05) is 13.2 Å². The molecule has 2 heterocycles. The molecule has 116 valence electrons. The molecule has 1 amide bonds. The van der Waals surface area contributed by atoms with Gasteiger partial charge >= 0.3 is 6.09 Å². The van der Waals surface area contributed by atoms with E-state index < -0.39 is 12.4 Å². The highest BCUT2D eigenvalue weighted by Crippen LogP contribution is 2.23. The molecule has 2 aromatic rings. The zero-order chi connectivity index (χ0) is 15.2. The summed E-state index contributed by atoms with van der Waals surface area (Å²) in [6.07, 6.45) is 0.554. The molecule has 0 unspecified atom stereocenters. The van der Waals surface area contributed by atoms with Gasteiger partial charge in [0.25, 0.3) is 0 Å². The minimum absolute atomic E-state index is 0.232. The van der Waals surface area contributed by atoms with E-state index in [1.807, 2.05) is 30.3 Å². The van der Waals surface area contributed by atoms with Crippen molar-refractivity contribution in [3.63, 3.8) is 0 Å². The number of hydrogen-bond donors (Lipinski definition) is 1. The fourth-order valence-corrected chi connectivity index (χ4v) is 2.11. The molecule has 1 aliphatic rings. The van der Waals surface area contributed by atoms with Gasteiger partial charge in [0.05, 0.1) is 25.5 Å². The van der Waals surface area contributed by atoms with E-state index in [0.29, 0.717) is 19.0 Å². The van der Waals surface area contributed by atoms with Crippen LogP contribution in [0.3, 0.4) is 0 Å². The Morgan fingerprint density at radius 1 is 1.14 bits per heavy atom. The number of carbonyl (C=O) groups is 1. The molecule has 0 aliphatic carbocycles. The number of rotatable bonds is 4. The topological polar surface area (TPSA) is 69.9 Å². The first-order chi connectivity index (χ1) is 10.8. The van der Waals surface area contributed by atoms with Crippen LogP contribution in [-0.2, 0) is 20.8 Å². The Balaban J connectivity index is 1.40. The number of benzene rings is 1. The maximum atomic E-state index is 11.7. The molecule has 0 saturated carbocycles. The smallest absolute Gasteiger partial charge is 0.407 e. The van der Waals surface area contributed by atoms with Crippen molar-refractivity contribution in [2.24, 2.45) is 0 Å². The zero-order valence-corrected chi connectivity index (χ0v) is 11.9. The largest absolute Gasteiger partial charge is 0.464 e. The van der Waals surface area contributed by atoms with E-state index in [-0.39, 0.29) is 12.6 Å². The van der Waals surface area contributed by atoms with Crippen molar-refractivity contribution < 1.29 is 23.4 Å². The van der Waals surface area contributed by atoms with Crippen molar-refractivity contribution in [3.05, 3.63) is 60.1 Å². The second kappa shape index (κ2) is 7.11. The SMILES string of the molecule is O=C(NC1COC(c2ccco2)OC1)OCc1ccccc1. The van der Waals surface area contributed by atoms with Gasteiger partial charge in [-0.15, -0.1) is 0 Å². The van der Waals surface area contributed by atoms with Gasteiger partial charge < -0.3 is 23.9 Å². The lowest BCUT2D eigenvalue weighted by Crippen LogP contribution is -2.45. The molecule has 6 nitrogen and oxygen atoms in total. The molecular formula is C16H17NO5. The second-order valence-electron chi connectivity index (χ2n) is 4.92. The third kappa shape index (κ3) is 3.87. The predicted octanol–water partition coefficient (Wildman–Crippen LogP) is 2.62. The molecule has 3 rings (SSSR count). The Morgan fingerprint density at radius 2 is 1.91 bits per heavy atom. The molecule has 0 spiro atoms. The zero-order valence-electron chi connectivity index (χ0n) is 11.9. The molecule has 1 aromatic heterocycles. The van der Waals surface area contributed by atoms with Crippen LogP contribution < -0.4 is 5.32 Å². The van der Waals surface area contributed by atoms with E-state index >= 15 is 0 Å². The molecule has 6 heteroatoms. The summed E-state index contributed by atoms with van der Waals surface area (Å²) >= 11 is 0. The third-order valence-electron chi connectivity index (χ3n) is 3.21. The van der Waals surface area contributed by atoms with Crippen LogP contribution in [0.4, 0.5) is 4.79 Å². The molecule has 1 aliphatic heterocycles. The van der Waals surface area contributed by atoms with Gasteiger partial charge in [0.2, 0.25) is 6.29 Å².